The Morgan fingerprint density at radius 1 is 1.00 bits per heavy atom. The first-order chi connectivity index (χ1) is 21.8. The third-order valence-electron chi connectivity index (χ3n) is 8.03. The first-order valence-corrected chi connectivity index (χ1v) is 15.2. The Balaban J connectivity index is 1.20. The summed E-state index contributed by atoms with van der Waals surface area (Å²) in [5.41, 5.74) is 8.45. The van der Waals surface area contributed by atoms with Gasteiger partial charge in [0.25, 0.3) is 0 Å². The minimum absolute atomic E-state index is 0.113. The molecular weight excluding hydrogens is 570 g/mol. The van der Waals surface area contributed by atoms with E-state index in [-0.39, 0.29) is 12.5 Å². The van der Waals surface area contributed by atoms with Crippen molar-refractivity contribution in [1.82, 2.24) is 20.4 Å². The average molecular weight is 610 g/mol. The fourth-order valence-corrected chi connectivity index (χ4v) is 5.59. The van der Waals surface area contributed by atoms with E-state index < -0.39 is 18.5 Å². The van der Waals surface area contributed by atoms with Crippen molar-refractivity contribution in [2.24, 2.45) is 0 Å². The number of aryl methyl sites for hydroxylation is 1. The van der Waals surface area contributed by atoms with E-state index in [9.17, 15) is 14.4 Å². The van der Waals surface area contributed by atoms with Gasteiger partial charge in [-0.05, 0) is 78.6 Å². The van der Waals surface area contributed by atoms with Crippen LogP contribution in [0.5, 0.6) is 5.75 Å². The van der Waals surface area contributed by atoms with Crippen molar-refractivity contribution in [1.29, 1.82) is 0 Å². The van der Waals surface area contributed by atoms with E-state index >= 15 is 0 Å². The van der Waals surface area contributed by atoms with Crippen LogP contribution in [-0.4, -0.2) is 52.5 Å². The fraction of sp³-hybridized carbons (Fsp3) is 0.314. The van der Waals surface area contributed by atoms with E-state index in [0.717, 1.165) is 57.7 Å². The fourth-order valence-electron chi connectivity index (χ4n) is 5.59. The second kappa shape index (κ2) is 14.6. The molecule has 0 fully saturated rings. The molecule has 1 aromatic heterocycles. The molecular formula is C35H39N5O5. The normalized spacial score (nSPS) is 12.4. The summed E-state index contributed by atoms with van der Waals surface area (Å²) in [6.07, 6.45) is 6.75. The highest BCUT2D eigenvalue weighted by Crippen LogP contribution is 2.36. The highest BCUT2D eigenvalue weighted by Gasteiger charge is 2.24. The van der Waals surface area contributed by atoms with Gasteiger partial charge in [0, 0.05) is 37.0 Å². The van der Waals surface area contributed by atoms with Crippen LogP contribution in [0.15, 0.2) is 73.1 Å². The van der Waals surface area contributed by atoms with Crippen LogP contribution in [0.25, 0.3) is 11.1 Å². The molecule has 0 saturated heterocycles. The van der Waals surface area contributed by atoms with Gasteiger partial charge >= 0.3 is 12.0 Å². The van der Waals surface area contributed by atoms with Crippen LogP contribution in [0.3, 0.4) is 0 Å². The molecule has 1 aliphatic rings. The second-order valence-corrected chi connectivity index (χ2v) is 11.3. The predicted octanol–water partition coefficient (Wildman–Crippen LogP) is 5.24. The van der Waals surface area contributed by atoms with E-state index in [0.29, 0.717) is 32.5 Å². The number of rotatable bonds is 12. The molecule has 10 nitrogen and oxygen atoms in total. The number of benzene rings is 3. The molecule has 3 aromatic carbocycles. The molecule has 0 spiro atoms. The Hall–Kier alpha value is -5.12. The molecule has 0 saturated carbocycles. The summed E-state index contributed by atoms with van der Waals surface area (Å²) >= 11 is 0. The molecule has 0 radical (unpaired) electrons. The first kappa shape index (κ1) is 31.3. The molecule has 3 N–H and O–H groups in total. The first-order valence-electron chi connectivity index (χ1n) is 15.2. The second-order valence-electron chi connectivity index (χ2n) is 11.3. The lowest BCUT2D eigenvalue weighted by molar-refractivity contribution is -0.135. The number of aliphatic carboxylic acids is 1. The number of anilines is 1. The van der Waals surface area contributed by atoms with Gasteiger partial charge in [0.15, 0.2) is 0 Å². The van der Waals surface area contributed by atoms with Gasteiger partial charge in [0.05, 0.1) is 19.3 Å². The lowest BCUT2D eigenvalue weighted by atomic mass is 9.93. The van der Waals surface area contributed by atoms with Gasteiger partial charge in [-0.2, -0.15) is 5.10 Å². The van der Waals surface area contributed by atoms with E-state index in [1.54, 1.807) is 0 Å². The van der Waals surface area contributed by atoms with Crippen molar-refractivity contribution >= 4 is 23.6 Å². The summed E-state index contributed by atoms with van der Waals surface area (Å²) in [6, 6.07) is 19.4. The van der Waals surface area contributed by atoms with Crippen molar-refractivity contribution in [2.45, 2.75) is 52.6 Å². The maximum atomic E-state index is 13.3. The Morgan fingerprint density at radius 3 is 2.64 bits per heavy atom. The summed E-state index contributed by atoms with van der Waals surface area (Å²) in [4.78, 5) is 37.7. The summed E-state index contributed by atoms with van der Waals surface area (Å²) in [5.74, 6) is -0.111. The maximum absolute atomic E-state index is 13.3. The number of ether oxygens (including phenoxy) is 1. The van der Waals surface area contributed by atoms with Crippen LogP contribution >= 0.6 is 0 Å². The minimum Gasteiger partial charge on any atom is -0.493 e. The maximum Gasteiger partial charge on any atom is 0.323 e. The quantitative estimate of drug-likeness (QED) is 0.189. The van der Waals surface area contributed by atoms with Crippen LogP contribution in [0.1, 0.15) is 47.1 Å². The van der Waals surface area contributed by atoms with Gasteiger partial charge in [0.1, 0.15) is 12.3 Å². The minimum atomic E-state index is -1.10. The Labute approximate surface area is 263 Å². The number of carbonyl (C=O) groups excluding carboxylic acids is 2. The molecule has 10 heteroatoms. The van der Waals surface area contributed by atoms with Gasteiger partial charge in [0.2, 0.25) is 5.91 Å². The number of nitrogens with one attached hydrogen (secondary N) is 2. The molecule has 0 bridgehead atoms. The van der Waals surface area contributed by atoms with Crippen molar-refractivity contribution in [3.63, 3.8) is 0 Å². The number of urea groups is 1. The zero-order valence-corrected chi connectivity index (χ0v) is 25.7. The topological polar surface area (TPSA) is 126 Å². The smallest absolute Gasteiger partial charge is 0.323 e. The standard InChI is InChI=1S/C35H39N5O5/c1-24-8-3-14-32(25(24)2)45-17-7-15-33(41)40-16-6-12-30-29(11-5-13-31(30)40)28-20-38-39(23-28)22-27-10-4-9-26(18-27)19-36-35(44)37-21-34(42)43/h3-5,8-11,13-14,18,20,23H,6-7,12,15-17,19,21-22H2,1-2H3,(H,42,43)(H2,36,37,44). The number of nitrogens with zero attached hydrogens (tertiary/aromatic N) is 3. The summed E-state index contributed by atoms with van der Waals surface area (Å²) in [7, 11) is 0. The molecule has 4 aromatic rings. The third-order valence-corrected chi connectivity index (χ3v) is 8.03. The van der Waals surface area contributed by atoms with Gasteiger partial charge in [-0.1, -0.05) is 48.5 Å². The SMILES string of the molecule is Cc1cccc(OCCCC(=O)N2CCCc3c(-c4cnn(Cc5cccc(CNC(=O)NCC(=O)O)c5)c4)cccc32)c1C. The van der Waals surface area contributed by atoms with Crippen LogP contribution in [0.2, 0.25) is 0 Å². The summed E-state index contributed by atoms with van der Waals surface area (Å²) in [5, 5.41) is 18.3. The molecule has 2 heterocycles. The van der Waals surface area contributed by atoms with Crippen molar-refractivity contribution in [3.05, 3.63) is 101 Å². The number of fused-ring (bicyclic) bond motifs is 1. The molecule has 234 valence electrons. The number of hydrogen-bond donors (Lipinski definition) is 3. The molecule has 1 aliphatic heterocycles. The highest BCUT2D eigenvalue weighted by atomic mass is 16.5. The van der Waals surface area contributed by atoms with Crippen molar-refractivity contribution in [2.75, 3.05) is 24.6 Å². The van der Waals surface area contributed by atoms with Gasteiger partial charge in [-0.25, -0.2) is 4.79 Å². The predicted molar refractivity (Wildman–Crippen MR) is 172 cm³/mol. The third kappa shape index (κ3) is 8.08. The van der Waals surface area contributed by atoms with Crippen LogP contribution < -0.4 is 20.3 Å². The molecule has 0 unspecified atom stereocenters. The van der Waals surface area contributed by atoms with Crippen molar-refractivity contribution in [3.8, 4) is 16.9 Å². The molecule has 3 amide bonds. The lowest BCUT2D eigenvalue weighted by Gasteiger charge is -2.31. The van der Waals surface area contributed by atoms with E-state index in [2.05, 4.69) is 41.7 Å². The Kier molecular flexibility index (Phi) is 10.1. The molecule has 0 atom stereocenters. The summed E-state index contributed by atoms with van der Waals surface area (Å²) < 4.78 is 7.85. The van der Waals surface area contributed by atoms with Crippen LogP contribution in [0.4, 0.5) is 10.5 Å². The number of carbonyl (C=O) groups is 3. The molecule has 5 rings (SSSR count). The zero-order valence-electron chi connectivity index (χ0n) is 25.7. The van der Waals surface area contributed by atoms with Gasteiger partial charge < -0.3 is 25.4 Å². The Morgan fingerprint density at radius 2 is 1.80 bits per heavy atom. The lowest BCUT2D eigenvalue weighted by Crippen LogP contribution is -2.38. The highest BCUT2D eigenvalue weighted by molar-refractivity contribution is 5.96. The monoisotopic (exact) mass is 609 g/mol. The van der Waals surface area contributed by atoms with Crippen molar-refractivity contribution < 1.29 is 24.2 Å². The zero-order chi connectivity index (χ0) is 31.8. The van der Waals surface area contributed by atoms with E-state index in [1.807, 2.05) is 70.5 Å². The average Bonchev–Trinajstić information content (AvgIpc) is 3.50. The Bertz CT molecular complexity index is 1680. The summed E-state index contributed by atoms with van der Waals surface area (Å²) in [6.45, 7) is 5.71. The largest absolute Gasteiger partial charge is 0.493 e. The number of carboxylic acid groups (broad SMARTS) is 1. The number of carboxylic acids is 1. The van der Waals surface area contributed by atoms with Gasteiger partial charge in [-0.15, -0.1) is 0 Å². The number of aromatic nitrogens is 2. The molecule has 0 aliphatic carbocycles. The van der Waals surface area contributed by atoms with Crippen LogP contribution in [-0.2, 0) is 29.1 Å². The van der Waals surface area contributed by atoms with Crippen LogP contribution in [0, 0.1) is 13.8 Å². The number of amides is 3. The van der Waals surface area contributed by atoms with E-state index in [1.165, 1.54) is 5.56 Å². The molecule has 45 heavy (non-hydrogen) atoms. The number of hydrogen-bond acceptors (Lipinski definition) is 5. The van der Waals surface area contributed by atoms with E-state index in [4.69, 9.17) is 9.84 Å². The van der Waals surface area contributed by atoms with Gasteiger partial charge in [-0.3, -0.25) is 14.3 Å².